The maximum Gasteiger partial charge on any atom is 0.257 e. The van der Waals surface area contributed by atoms with Crippen molar-refractivity contribution in [2.24, 2.45) is 0 Å². The van der Waals surface area contributed by atoms with Crippen LogP contribution in [-0.2, 0) is 16.3 Å². The second-order valence-electron chi connectivity index (χ2n) is 5.23. The Labute approximate surface area is 139 Å². The number of carbonyl (C=O) groups excluding carboxylic acids is 1. The minimum Gasteiger partial charge on any atom is -0.508 e. The number of thiazole rings is 1. The molecule has 1 aromatic heterocycles. The Bertz CT molecular complexity index is 826. The largest absolute Gasteiger partial charge is 0.508 e. The number of nitrogens with one attached hydrogen (secondary N) is 1. The van der Waals surface area contributed by atoms with Gasteiger partial charge in [-0.2, -0.15) is 0 Å². The van der Waals surface area contributed by atoms with Crippen molar-refractivity contribution in [1.29, 1.82) is 0 Å². The van der Waals surface area contributed by atoms with E-state index in [2.05, 4.69) is 10.3 Å². The molecule has 2 aromatic rings. The number of phenolic OH excluding ortho intramolecular Hbond substituents is 1. The van der Waals surface area contributed by atoms with E-state index in [0.717, 1.165) is 11.3 Å². The molecule has 2 rings (SSSR count). The molecule has 0 aliphatic heterocycles. The summed E-state index contributed by atoms with van der Waals surface area (Å²) in [6, 6.07) is 4.57. The number of phenols is 1. The van der Waals surface area contributed by atoms with Crippen LogP contribution in [0, 0.1) is 0 Å². The molecule has 0 aliphatic carbocycles. The maximum absolute atomic E-state index is 12.2. The lowest BCUT2D eigenvalue weighted by Crippen LogP contribution is -2.12. The number of nitrogens with zero attached hydrogens (tertiary/aromatic N) is 1. The number of rotatable bonds is 5. The standard InChI is InChI=1S/C15H18N2O4S2/c1-4-10-7-11(5-6-12(10)18)14(19)17-15-16-8-13(22-15)23(20,21)9(2)3/h5-9,18H,4H2,1-3H3,(H,16,17,19). The third-order valence-corrected chi connectivity index (χ3v) is 6.89. The number of aromatic hydroxyl groups is 1. The second kappa shape index (κ2) is 6.67. The summed E-state index contributed by atoms with van der Waals surface area (Å²) in [5.74, 6) is -0.258. The molecule has 8 heteroatoms. The van der Waals surface area contributed by atoms with Gasteiger partial charge in [0.2, 0.25) is 0 Å². The smallest absolute Gasteiger partial charge is 0.257 e. The number of benzene rings is 1. The highest BCUT2D eigenvalue weighted by Crippen LogP contribution is 2.27. The molecule has 0 atom stereocenters. The van der Waals surface area contributed by atoms with Crippen LogP contribution in [0.5, 0.6) is 5.75 Å². The highest BCUT2D eigenvalue weighted by atomic mass is 32.2. The van der Waals surface area contributed by atoms with Crippen molar-refractivity contribution in [3.63, 3.8) is 0 Å². The van der Waals surface area contributed by atoms with Gasteiger partial charge in [0.15, 0.2) is 15.0 Å². The third kappa shape index (κ3) is 3.70. The van der Waals surface area contributed by atoms with E-state index in [-0.39, 0.29) is 15.1 Å². The van der Waals surface area contributed by atoms with Crippen LogP contribution in [0.1, 0.15) is 36.7 Å². The summed E-state index contributed by atoms with van der Waals surface area (Å²) in [5, 5.41) is 11.9. The molecule has 2 N–H and O–H groups in total. The summed E-state index contributed by atoms with van der Waals surface area (Å²) < 4.78 is 24.2. The van der Waals surface area contributed by atoms with E-state index in [1.54, 1.807) is 19.9 Å². The molecule has 0 unspecified atom stereocenters. The Morgan fingerprint density at radius 1 is 1.39 bits per heavy atom. The van der Waals surface area contributed by atoms with Gasteiger partial charge in [0.05, 0.1) is 11.4 Å². The molecule has 0 fully saturated rings. The normalized spacial score (nSPS) is 11.7. The highest BCUT2D eigenvalue weighted by molar-refractivity contribution is 7.94. The molecule has 1 amide bonds. The van der Waals surface area contributed by atoms with Gasteiger partial charge in [-0.05, 0) is 44.0 Å². The lowest BCUT2D eigenvalue weighted by molar-refractivity contribution is 0.102. The van der Waals surface area contributed by atoms with E-state index in [4.69, 9.17) is 0 Å². The molecule has 0 bridgehead atoms. The Morgan fingerprint density at radius 2 is 2.09 bits per heavy atom. The van der Waals surface area contributed by atoms with Gasteiger partial charge in [0.25, 0.3) is 5.91 Å². The number of hydrogen-bond donors (Lipinski definition) is 2. The minimum atomic E-state index is -3.40. The van der Waals surface area contributed by atoms with Crippen molar-refractivity contribution in [1.82, 2.24) is 4.98 Å². The van der Waals surface area contributed by atoms with Crippen LogP contribution in [0.3, 0.4) is 0 Å². The summed E-state index contributed by atoms with van der Waals surface area (Å²) in [5.41, 5.74) is 1.04. The van der Waals surface area contributed by atoms with Crippen LogP contribution in [0.2, 0.25) is 0 Å². The van der Waals surface area contributed by atoms with E-state index in [0.29, 0.717) is 17.5 Å². The molecule has 124 valence electrons. The van der Waals surface area contributed by atoms with Crippen LogP contribution in [0.15, 0.2) is 28.6 Å². The summed E-state index contributed by atoms with van der Waals surface area (Å²) in [6.45, 7) is 5.06. The zero-order valence-corrected chi connectivity index (χ0v) is 14.7. The van der Waals surface area contributed by atoms with Gasteiger partial charge in [-0.1, -0.05) is 18.3 Å². The maximum atomic E-state index is 12.2. The van der Waals surface area contributed by atoms with E-state index in [1.165, 1.54) is 18.3 Å². The first-order chi connectivity index (χ1) is 10.8. The molecule has 0 saturated heterocycles. The van der Waals surface area contributed by atoms with Crippen LogP contribution >= 0.6 is 11.3 Å². The summed E-state index contributed by atoms with van der Waals surface area (Å²) >= 11 is 0.924. The first-order valence-corrected chi connectivity index (χ1v) is 9.45. The van der Waals surface area contributed by atoms with E-state index >= 15 is 0 Å². The Hall–Kier alpha value is -1.93. The van der Waals surface area contributed by atoms with E-state index in [9.17, 15) is 18.3 Å². The van der Waals surface area contributed by atoms with E-state index in [1.807, 2.05) is 6.92 Å². The SMILES string of the molecule is CCc1cc(C(=O)Nc2ncc(S(=O)(=O)C(C)C)s2)ccc1O. The molecular weight excluding hydrogens is 336 g/mol. The zero-order valence-electron chi connectivity index (χ0n) is 13.0. The predicted molar refractivity (Wildman–Crippen MR) is 89.9 cm³/mol. The Balaban J connectivity index is 2.20. The number of sulfone groups is 1. The van der Waals surface area contributed by atoms with Gasteiger partial charge in [0, 0.05) is 5.56 Å². The molecule has 23 heavy (non-hydrogen) atoms. The van der Waals surface area contributed by atoms with Gasteiger partial charge >= 0.3 is 0 Å². The van der Waals surface area contributed by atoms with Crippen molar-refractivity contribution < 1.29 is 18.3 Å². The third-order valence-electron chi connectivity index (χ3n) is 3.33. The van der Waals surface area contributed by atoms with Gasteiger partial charge in [-0.15, -0.1) is 0 Å². The first kappa shape index (κ1) is 17.4. The fourth-order valence-corrected chi connectivity index (χ4v) is 4.35. The number of amides is 1. The number of aromatic nitrogens is 1. The molecular formula is C15H18N2O4S2. The lowest BCUT2D eigenvalue weighted by atomic mass is 10.1. The minimum absolute atomic E-state index is 0.128. The molecule has 1 aromatic carbocycles. The topological polar surface area (TPSA) is 96.4 Å². The van der Waals surface area contributed by atoms with Gasteiger partial charge in [0.1, 0.15) is 9.96 Å². The van der Waals surface area contributed by atoms with Crippen molar-refractivity contribution in [2.45, 2.75) is 36.7 Å². The van der Waals surface area contributed by atoms with Crippen LogP contribution in [-0.4, -0.2) is 29.7 Å². The summed E-state index contributed by atoms with van der Waals surface area (Å²) in [4.78, 5) is 16.2. The van der Waals surface area contributed by atoms with Crippen molar-refractivity contribution in [3.8, 4) is 5.75 Å². The second-order valence-corrected chi connectivity index (χ2v) is 8.99. The van der Waals surface area contributed by atoms with Crippen molar-refractivity contribution in [3.05, 3.63) is 35.5 Å². The summed E-state index contributed by atoms with van der Waals surface area (Å²) in [7, 11) is -3.40. The molecule has 0 saturated carbocycles. The van der Waals surface area contributed by atoms with Crippen LogP contribution in [0.25, 0.3) is 0 Å². The number of hydrogen-bond acceptors (Lipinski definition) is 6. The van der Waals surface area contributed by atoms with Gasteiger partial charge in [-0.25, -0.2) is 13.4 Å². The fraction of sp³-hybridized carbons (Fsp3) is 0.333. The highest BCUT2D eigenvalue weighted by Gasteiger charge is 2.22. The van der Waals surface area contributed by atoms with Crippen molar-refractivity contribution in [2.75, 3.05) is 5.32 Å². The van der Waals surface area contributed by atoms with Crippen LogP contribution < -0.4 is 5.32 Å². The number of aryl methyl sites for hydroxylation is 1. The Kier molecular flexibility index (Phi) is 5.06. The molecule has 1 heterocycles. The van der Waals surface area contributed by atoms with Gasteiger partial charge in [-0.3, -0.25) is 10.1 Å². The van der Waals surface area contributed by atoms with Crippen LogP contribution in [0.4, 0.5) is 5.13 Å². The van der Waals surface area contributed by atoms with Gasteiger partial charge < -0.3 is 5.11 Å². The van der Waals surface area contributed by atoms with E-state index < -0.39 is 21.0 Å². The quantitative estimate of drug-likeness (QED) is 0.860. The number of carbonyl (C=O) groups is 1. The molecule has 0 spiro atoms. The monoisotopic (exact) mass is 354 g/mol. The average molecular weight is 354 g/mol. The number of anilines is 1. The fourth-order valence-electron chi connectivity index (χ4n) is 1.86. The summed E-state index contributed by atoms with van der Waals surface area (Å²) in [6.07, 6.45) is 1.85. The molecule has 0 aliphatic rings. The molecule has 6 nitrogen and oxygen atoms in total. The zero-order chi connectivity index (χ0) is 17.2. The van der Waals surface area contributed by atoms with Crippen molar-refractivity contribution >= 4 is 32.2 Å². The Morgan fingerprint density at radius 3 is 2.70 bits per heavy atom. The molecule has 0 radical (unpaired) electrons. The lowest BCUT2D eigenvalue weighted by Gasteiger charge is -2.06. The predicted octanol–water partition coefficient (Wildman–Crippen LogP) is 2.85. The first-order valence-electron chi connectivity index (χ1n) is 7.08. The average Bonchev–Trinajstić information content (AvgIpc) is 2.96.